The Labute approximate surface area is 297 Å². The second-order valence-electron chi connectivity index (χ2n) is 11.6. The van der Waals surface area contributed by atoms with Crippen molar-refractivity contribution in [1.29, 1.82) is 0 Å². The zero-order valence-electron chi connectivity index (χ0n) is 28.5. The highest BCUT2D eigenvalue weighted by molar-refractivity contribution is 6.01. The average Bonchev–Trinajstić information content (AvgIpc) is 3.17. The Kier molecular flexibility index (Phi) is 15.3. The molecule has 264 valence electrons. The minimum atomic E-state index is -0.638. The van der Waals surface area contributed by atoms with Crippen LogP contribution in [0.2, 0.25) is 0 Å². The number of nitrogens with one attached hydrogen (secondary N) is 2. The predicted octanol–water partition coefficient (Wildman–Crippen LogP) is 6.18. The van der Waals surface area contributed by atoms with Crippen LogP contribution in [0.25, 0.3) is 0 Å². The van der Waals surface area contributed by atoms with Gasteiger partial charge in [-0.05, 0) is 96.8 Å². The number of hydroxylamine groups is 1. The number of nitrogens with zero attached hydrogens (tertiary/aromatic N) is 2. The summed E-state index contributed by atoms with van der Waals surface area (Å²) in [5.41, 5.74) is 4.98. The first-order chi connectivity index (χ1) is 24.9. The van der Waals surface area contributed by atoms with Gasteiger partial charge in [0.15, 0.2) is 11.6 Å². The number of hydrogen-bond donors (Lipinski definition) is 3. The third-order valence-electron chi connectivity index (χ3n) is 7.80. The van der Waals surface area contributed by atoms with Crippen LogP contribution in [0, 0.1) is 0 Å². The molecule has 11 nitrogen and oxygen atoms in total. The first-order valence-corrected chi connectivity index (χ1v) is 16.7. The molecule has 0 fully saturated rings. The molecule has 11 heteroatoms. The van der Waals surface area contributed by atoms with Gasteiger partial charge in [-0.3, -0.25) is 34.4 Å². The lowest BCUT2D eigenvalue weighted by atomic mass is 10.1. The Morgan fingerprint density at radius 3 is 1.31 bits per heavy atom. The molecule has 0 aliphatic rings. The lowest BCUT2D eigenvalue weighted by Gasteiger charge is -2.08. The van der Waals surface area contributed by atoms with E-state index < -0.39 is 5.91 Å². The van der Waals surface area contributed by atoms with Gasteiger partial charge in [0.2, 0.25) is 0 Å². The van der Waals surface area contributed by atoms with Crippen LogP contribution in [-0.4, -0.2) is 74.4 Å². The predicted molar refractivity (Wildman–Crippen MR) is 196 cm³/mol. The third kappa shape index (κ3) is 12.8. The fraction of sp³-hybridized carbons (Fsp3) is 0.250. The maximum atomic E-state index is 12.4. The molecule has 0 atom stereocenters. The maximum absolute atomic E-state index is 12.4. The van der Waals surface area contributed by atoms with Crippen LogP contribution < -0.4 is 20.3 Å². The molecular weight excluding hydrogens is 648 g/mol. The van der Waals surface area contributed by atoms with Crippen LogP contribution in [-0.2, 0) is 0 Å². The molecule has 4 aromatic carbocycles. The number of carbonyl (C=O) groups is 4. The van der Waals surface area contributed by atoms with Gasteiger partial charge in [-0.2, -0.15) is 0 Å². The van der Waals surface area contributed by atoms with Crippen molar-refractivity contribution in [2.75, 3.05) is 33.4 Å². The van der Waals surface area contributed by atoms with E-state index in [0.717, 1.165) is 54.7 Å². The Bertz CT molecular complexity index is 1650. The number of ketones is 2. The van der Waals surface area contributed by atoms with Gasteiger partial charge in [-0.1, -0.05) is 43.5 Å². The number of aliphatic imine (C=N–C) groups is 2. The van der Waals surface area contributed by atoms with E-state index in [4.69, 9.17) is 14.7 Å². The summed E-state index contributed by atoms with van der Waals surface area (Å²) in [6.45, 7) is 1.27. The molecule has 4 rings (SSSR count). The smallest absolute Gasteiger partial charge is 0.274 e. The summed E-state index contributed by atoms with van der Waals surface area (Å²) in [5.74, 6) is 0.432. The van der Waals surface area contributed by atoms with E-state index in [1.807, 2.05) is 48.5 Å². The van der Waals surface area contributed by atoms with E-state index in [0.29, 0.717) is 29.9 Å². The summed E-state index contributed by atoms with van der Waals surface area (Å²) < 4.78 is 11.7. The van der Waals surface area contributed by atoms with Crippen molar-refractivity contribution in [3.05, 3.63) is 130 Å². The standard InChI is InChI=1S/C40H42N4O7/c1-41-39(47)33-15-11-31(12-16-33)37(45)27-42-25-29-7-19-35(20-8-29)50-23-5-3-2-4-6-24-51-36-21-9-30(10-22-36)26-43-28-38(46)32-13-17-34(18-14-32)40(48)44-49/h7-22,25-26,49H,2-6,23-24,27-28H2,1H3,(H,41,47)(H,44,48). The largest absolute Gasteiger partial charge is 0.494 e. The molecule has 0 heterocycles. The highest BCUT2D eigenvalue weighted by Crippen LogP contribution is 2.15. The molecule has 0 bridgehead atoms. The Morgan fingerprint density at radius 1 is 0.549 bits per heavy atom. The van der Waals surface area contributed by atoms with Crippen LogP contribution in [0.4, 0.5) is 0 Å². The third-order valence-corrected chi connectivity index (χ3v) is 7.80. The molecule has 0 aliphatic heterocycles. The average molecular weight is 691 g/mol. The fourth-order valence-corrected chi connectivity index (χ4v) is 4.89. The molecule has 0 saturated carbocycles. The van der Waals surface area contributed by atoms with Crippen LogP contribution >= 0.6 is 0 Å². The molecule has 0 spiro atoms. The van der Waals surface area contributed by atoms with Crippen LogP contribution in [0.1, 0.15) is 84.7 Å². The first kappa shape index (κ1) is 37.9. The molecular formula is C40H42N4O7. The normalized spacial score (nSPS) is 11.0. The summed E-state index contributed by atoms with van der Waals surface area (Å²) in [4.78, 5) is 56.2. The molecule has 0 unspecified atom stereocenters. The number of rotatable bonds is 20. The van der Waals surface area contributed by atoms with Gasteiger partial charge < -0.3 is 14.8 Å². The van der Waals surface area contributed by atoms with E-state index in [9.17, 15) is 19.2 Å². The SMILES string of the molecule is CNC(=O)c1ccc(C(=O)CN=Cc2ccc(OCCCCCCCOc3ccc(C=NCC(=O)c4ccc(C(=O)NO)cc4)cc3)cc2)cc1. The molecule has 51 heavy (non-hydrogen) atoms. The van der Waals surface area contributed by atoms with Gasteiger partial charge in [0, 0.05) is 41.7 Å². The van der Waals surface area contributed by atoms with Crippen molar-refractivity contribution in [3.63, 3.8) is 0 Å². The summed E-state index contributed by atoms with van der Waals surface area (Å²) in [6.07, 6.45) is 8.43. The first-order valence-electron chi connectivity index (χ1n) is 16.7. The number of unbranched alkanes of at least 4 members (excludes halogenated alkanes) is 4. The van der Waals surface area contributed by atoms with Crippen molar-refractivity contribution < 1.29 is 33.9 Å². The molecule has 0 saturated heterocycles. The number of amides is 2. The minimum absolute atomic E-state index is 0.0216. The quantitative estimate of drug-likeness (QED) is 0.0329. The Hall–Kier alpha value is -5.94. The topological polar surface area (TPSA) is 156 Å². The second kappa shape index (κ2) is 20.5. The number of carbonyl (C=O) groups excluding carboxylic acids is 4. The van der Waals surface area contributed by atoms with Crippen molar-refractivity contribution in [2.45, 2.75) is 32.1 Å². The van der Waals surface area contributed by atoms with E-state index in [2.05, 4.69) is 15.3 Å². The lowest BCUT2D eigenvalue weighted by molar-refractivity contribution is 0.0706. The second-order valence-corrected chi connectivity index (χ2v) is 11.6. The molecule has 4 aromatic rings. The number of ether oxygens (including phenoxy) is 2. The number of hydrogen-bond acceptors (Lipinski definition) is 9. The van der Waals surface area contributed by atoms with Crippen LogP contribution in [0.5, 0.6) is 11.5 Å². The highest BCUT2D eigenvalue weighted by Gasteiger charge is 2.09. The molecule has 2 amide bonds. The summed E-state index contributed by atoms with van der Waals surface area (Å²) >= 11 is 0. The van der Waals surface area contributed by atoms with Gasteiger partial charge >= 0.3 is 0 Å². The highest BCUT2D eigenvalue weighted by atomic mass is 16.5. The van der Waals surface area contributed by atoms with Gasteiger partial charge in [-0.15, -0.1) is 0 Å². The van der Waals surface area contributed by atoms with Crippen LogP contribution in [0.15, 0.2) is 107 Å². The van der Waals surface area contributed by atoms with Gasteiger partial charge in [0.05, 0.1) is 13.2 Å². The van der Waals surface area contributed by atoms with Gasteiger partial charge in [0.25, 0.3) is 11.8 Å². The Balaban J connectivity index is 1.02. The maximum Gasteiger partial charge on any atom is 0.274 e. The van der Waals surface area contributed by atoms with E-state index >= 15 is 0 Å². The number of benzene rings is 4. The molecule has 0 radical (unpaired) electrons. The van der Waals surface area contributed by atoms with Gasteiger partial charge in [0.1, 0.15) is 24.6 Å². The summed E-state index contributed by atoms with van der Waals surface area (Å²) in [5, 5.41) is 11.2. The summed E-state index contributed by atoms with van der Waals surface area (Å²) in [6, 6.07) is 27.6. The van der Waals surface area contributed by atoms with Crippen molar-refractivity contribution >= 4 is 35.8 Å². The van der Waals surface area contributed by atoms with Crippen molar-refractivity contribution in [3.8, 4) is 11.5 Å². The fourth-order valence-electron chi connectivity index (χ4n) is 4.89. The van der Waals surface area contributed by atoms with Gasteiger partial charge in [-0.25, -0.2) is 5.48 Å². The van der Waals surface area contributed by atoms with E-state index in [1.54, 1.807) is 49.2 Å². The molecule has 0 aliphatic carbocycles. The minimum Gasteiger partial charge on any atom is -0.494 e. The van der Waals surface area contributed by atoms with Crippen molar-refractivity contribution in [1.82, 2.24) is 10.8 Å². The lowest BCUT2D eigenvalue weighted by Crippen LogP contribution is -2.18. The van der Waals surface area contributed by atoms with Crippen LogP contribution in [0.3, 0.4) is 0 Å². The summed E-state index contributed by atoms with van der Waals surface area (Å²) in [7, 11) is 1.56. The van der Waals surface area contributed by atoms with E-state index in [1.165, 1.54) is 24.3 Å². The Morgan fingerprint density at radius 2 is 0.922 bits per heavy atom. The zero-order valence-corrected chi connectivity index (χ0v) is 28.5. The van der Waals surface area contributed by atoms with Crippen molar-refractivity contribution in [2.24, 2.45) is 9.98 Å². The van der Waals surface area contributed by atoms with E-state index in [-0.39, 0.29) is 36.1 Å². The number of Topliss-reactive ketones (excluding diaryl/α,β-unsaturated/α-hetero) is 2. The zero-order chi connectivity index (χ0) is 36.3. The monoisotopic (exact) mass is 690 g/mol. The molecule has 0 aromatic heterocycles. The molecule has 3 N–H and O–H groups in total.